The Labute approximate surface area is 216 Å². The van der Waals surface area contributed by atoms with Gasteiger partial charge in [0.05, 0.1) is 16.9 Å². The van der Waals surface area contributed by atoms with Crippen molar-refractivity contribution < 1.29 is 18.0 Å². The van der Waals surface area contributed by atoms with Crippen molar-refractivity contribution in [2.45, 2.75) is 58.7 Å². The summed E-state index contributed by atoms with van der Waals surface area (Å²) in [6.07, 6.45) is -3.74. The van der Waals surface area contributed by atoms with Crippen molar-refractivity contribution in [3.8, 4) is 11.3 Å². The van der Waals surface area contributed by atoms with Crippen molar-refractivity contribution >= 4 is 23.2 Å². The third kappa shape index (κ3) is 5.58. The number of para-hydroxylation sites is 1. The summed E-state index contributed by atoms with van der Waals surface area (Å²) >= 11 is 0. The summed E-state index contributed by atoms with van der Waals surface area (Å²) in [6.45, 7) is 11.7. The van der Waals surface area contributed by atoms with Gasteiger partial charge in [0.15, 0.2) is 5.82 Å². The van der Waals surface area contributed by atoms with Gasteiger partial charge < -0.3 is 10.2 Å². The Balaban J connectivity index is 1.79. The first-order chi connectivity index (χ1) is 17.4. The number of aromatic nitrogens is 1. The van der Waals surface area contributed by atoms with E-state index >= 15 is 0 Å². The summed E-state index contributed by atoms with van der Waals surface area (Å²) in [6, 6.07) is 15.9. The van der Waals surface area contributed by atoms with Gasteiger partial charge in [0.2, 0.25) is 0 Å². The molecule has 37 heavy (non-hydrogen) atoms. The number of carbonyl (C=O) groups is 1. The van der Waals surface area contributed by atoms with Gasteiger partial charge in [-0.1, -0.05) is 51.1 Å². The maximum absolute atomic E-state index is 13.8. The van der Waals surface area contributed by atoms with Crippen LogP contribution in [-0.2, 0) is 11.6 Å². The normalized spacial score (nSPS) is 16.3. The van der Waals surface area contributed by atoms with Gasteiger partial charge in [-0.3, -0.25) is 4.90 Å². The Kier molecular flexibility index (Phi) is 7.22. The summed E-state index contributed by atoms with van der Waals surface area (Å²) in [5.74, 6) is 0.438. The number of pyridine rings is 1. The molecule has 196 valence electrons. The zero-order valence-corrected chi connectivity index (χ0v) is 21.9. The maximum atomic E-state index is 13.8. The second-order valence-corrected chi connectivity index (χ2v) is 10.4. The van der Waals surface area contributed by atoms with Crippen LogP contribution in [-0.4, -0.2) is 30.1 Å². The summed E-state index contributed by atoms with van der Waals surface area (Å²) in [5, 5.41) is 3.09. The molecule has 0 saturated heterocycles. The van der Waals surface area contributed by atoms with Crippen LogP contribution in [0.2, 0.25) is 0 Å². The van der Waals surface area contributed by atoms with E-state index in [9.17, 15) is 18.0 Å². The van der Waals surface area contributed by atoms with E-state index in [1.165, 1.54) is 6.07 Å². The van der Waals surface area contributed by atoms with Gasteiger partial charge in [0.25, 0.3) is 0 Å². The number of hydrogen-bond donors (Lipinski definition) is 1. The molecule has 4 rings (SSSR count). The Bertz CT molecular complexity index is 1280. The Morgan fingerprint density at radius 2 is 1.78 bits per heavy atom. The molecule has 1 N–H and O–H groups in total. The number of amides is 2. The highest BCUT2D eigenvalue weighted by Gasteiger charge is 2.33. The van der Waals surface area contributed by atoms with E-state index in [0.29, 0.717) is 23.6 Å². The van der Waals surface area contributed by atoms with Crippen LogP contribution in [0.15, 0.2) is 60.7 Å². The van der Waals surface area contributed by atoms with E-state index in [4.69, 9.17) is 4.98 Å². The minimum absolute atomic E-state index is 0.179. The molecule has 2 aromatic carbocycles. The number of hydrogen-bond acceptors (Lipinski definition) is 3. The molecule has 1 aliphatic rings. The SMILES string of the molecule is CCN1CC[C@@H](C)N(C(=O)Nc2ccccc2C(C)(C)C)c2nc(-c3cccc(C(F)(F)F)c3)ccc21. The molecule has 0 spiro atoms. The molecule has 0 saturated carbocycles. The highest BCUT2D eigenvalue weighted by molar-refractivity contribution is 6.04. The molecule has 0 fully saturated rings. The molecular weight excluding hydrogens is 477 g/mol. The molecule has 1 aromatic heterocycles. The molecule has 0 bridgehead atoms. The monoisotopic (exact) mass is 510 g/mol. The van der Waals surface area contributed by atoms with Crippen LogP contribution in [0, 0.1) is 0 Å². The van der Waals surface area contributed by atoms with Gasteiger partial charge in [-0.05, 0) is 61.6 Å². The van der Waals surface area contributed by atoms with Gasteiger partial charge in [-0.2, -0.15) is 13.2 Å². The smallest absolute Gasteiger partial charge is 0.369 e. The lowest BCUT2D eigenvalue weighted by Crippen LogP contribution is -2.42. The van der Waals surface area contributed by atoms with Crippen LogP contribution in [0.1, 0.15) is 52.2 Å². The minimum Gasteiger partial charge on any atom is -0.369 e. The number of nitrogens with zero attached hydrogens (tertiary/aromatic N) is 3. The quantitative estimate of drug-likeness (QED) is 0.392. The van der Waals surface area contributed by atoms with E-state index in [2.05, 4.69) is 31.0 Å². The Hall–Kier alpha value is -3.55. The van der Waals surface area contributed by atoms with Crippen molar-refractivity contribution in [2.75, 3.05) is 28.2 Å². The Morgan fingerprint density at radius 1 is 1.05 bits per heavy atom. The van der Waals surface area contributed by atoms with Gasteiger partial charge in [0, 0.05) is 30.4 Å². The lowest BCUT2D eigenvalue weighted by Gasteiger charge is -2.30. The number of halogens is 3. The van der Waals surface area contributed by atoms with Gasteiger partial charge in [-0.25, -0.2) is 9.78 Å². The zero-order chi connectivity index (χ0) is 27.0. The second-order valence-electron chi connectivity index (χ2n) is 10.4. The average molecular weight is 511 g/mol. The molecule has 3 aromatic rings. The second kappa shape index (κ2) is 10.1. The fourth-order valence-electron chi connectivity index (χ4n) is 4.73. The minimum atomic E-state index is -4.46. The van der Waals surface area contributed by atoms with Crippen LogP contribution < -0.4 is 15.1 Å². The van der Waals surface area contributed by atoms with Crippen LogP contribution in [0.25, 0.3) is 11.3 Å². The van der Waals surface area contributed by atoms with Crippen LogP contribution in [0.3, 0.4) is 0 Å². The largest absolute Gasteiger partial charge is 0.416 e. The molecule has 5 nitrogen and oxygen atoms in total. The first kappa shape index (κ1) is 26.5. The number of benzene rings is 2. The fraction of sp³-hybridized carbons (Fsp3) is 0.379. The predicted molar refractivity (Wildman–Crippen MR) is 143 cm³/mol. The molecule has 0 unspecified atom stereocenters. The lowest BCUT2D eigenvalue weighted by atomic mass is 9.86. The Morgan fingerprint density at radius 3 is 2.46 bits per heavy atom. The molecular formula is C29H33F3N4O. The standard InChI is InChI=1S/C29H33F3N4O/c1-6-35-17-16-19(2)36(27(37)34-24-13-8-7-12-22(24)28(3,4)5)26-25(35)15-14-23(33-26)20-10-9-11-21(18-20)29(30,31)32/h7-15,18-19H,6,16-17H2,1-5H3,(H,34,37)/t19-/m1/s1. The third-order valence-electron chi connectivity index (χ3n) is 6.74. The summed E-state index contributed by atoms with van der Waals surface area (Å²) < 4.78 is 40.1. The first-order valence-electron chi connectivity index (χ1n) is 12.5. The summed E-state index contributed by atoms with van der Waals surface area (Å²) in [5.41, 5.74) is 2.31. The van der Waals surface area contributed by atoms with Gasteiger partial charge in [-0.15, -0.1) is 0 Å². The van der Waals surface area contributed by atoms with E-state index in [1.54, 1.807) is 17.0 Å². The maximum Gasteiger partial charge on any atom is 0.416 e. The molecule has 8 heteroatoms. The van der Waals surface area contributed by atoms with Crippen LogP contribution in [0.4, 0.5) is 35.2 Å². The van der Waals surface area contributed by atoms with Crippen molar-refractivity contribution in [3.05, 3.63) is 71.8 Å². The van der Waals surface area contributed by atoms with Crippen molar-refractivity contribution in [2.24, 2.45) is 0 Å². The van der Waals surface area contributed by atoms with Crippen molar-refractivity contribution in [1.29, 1.82) is 0 Å². The fourth-order valence-corrected chi connectivity index (χ4v) is 4.73. The first-order valence-corrected chi connectivity index (χ1v) is 12.5. The predicted octanol–water partition coefficient (Wildman–Crippen LogP) is 7.72. The van der Waals surface area contributed by atoms with Crippen LogP contribution >= 0.6 is 0 Å². The van der Waals surface area contributed by atoms with E-state index in [1.807, 2.05) is 44.2 Å². The summed E-state index contributed by atoms with van der Waals surface area (Å²) in [4.78, 5) is 22.4. The lowest BCUT2D eigenvalue weighted by molar-refractivity contribution is -0.137. The number of fused-ring (bicyclic) bond motifs is 1. The summed E-state index contributed by atoms with van der Waals surface area (Å²) in [7, 11) is 0. The number of carbonyl (C=O) groups excluding carboxylic acids is 1. The number of rotatable bonds is 3. The third-order valence-corrected chi connectivity index (χ3v) is 6.74. The number of alkyl halides is 3. The van der Waals surface area contributed by atoms with Crippen LogP contribution in [0.5, 0.6) is 0 Å². The molecule has 0 radical (unpaired) electrons. The van der Waals surface area contributed by atoms with Gasteiger partial charge in [0.1, 0.15) is 0 Å². The van der Waals surface area contributed by atoms with Crippen molar-refractivity contribution in [3.63, 3.8) is 0 Å². The van der Waals surface area contributed by atoms with E-state index in [-0.39, 0.29) is 17.5 Å². The van der Waals surface area contributed by atoms with E-state index in [0.717, 1.165) is 42.0 Å². The topological polar surface area (TPSA) is 48.5 Å². The van der Waals surface area contributed by atoms with Crippen molar-refractivity contribution in [1.82, 2.24) is 4.98 Å². The molecule has 1 atom stereocenters. The average Bonchev–Trinajstić information content (AvgIpc) is 2.98. The molecule has 2 heterocycles. The number of urea groups is 1. The molecule has 2 amide bonds. The zero-order valence-electron chi connectivity index (χ0n) is 21.9. The molecule has 1 aliphatic heterocycles. The van der Waals surface area contributed by atoms with E-state index < -0.39 is 11.7 Å². The highest BCUT2D eigenvalue weighted by atomic mass is 19.4. The number of nitrogens with one attached hydrogen (secondary N) is 1. The highest BCUT2D eigenvalue weighted by Crippen LogP contribution is 2.38. The van der Waals surface area contributed by atoms with Gasteiger partial charge >= 0.3 is 12.2 Å². The number of anilines is 3. The molecule has 0 aliphatic carbocycles.